The number of nitrogens with zero attached hydrogens (tertiary/aromatic N) is 8. The molecule has 4 aliphatic rings. The summed E-state index contributed by atoms with van der Waals surface area (Å²) < 4.78 is 35.0. The summed E-state index contributed by atoms with van der Waals surface area (Å²) >= 11 is 0. The molecule has 0 spiro atoms. The summed E-state index contributed by atoms with van der Waals surface area (Å²) in [4.78, 5) is 77.4. The average Bonchev–Trinajstić information content (AvgIpc) is 3.81. The lowest BCUT2D eigenvalue weighted by Gasteiger charge is -2.47. The second-order valence-corrected chi connectivity index (χ2v) is 21.6. The molecule has 71 heavy (non-hydrogen) atoms. The van der Waals surface area contributed by atoms with Gasteiger partial charge in [0.2, 0.25) is 5.91 Å². The first-order valence-corrected chi connectivity index (χ1v) is 25.5. The summed E-state index contributed by atoms with van der Waals surface area (Å²) in [5, 5.41) is 17.0. The highest BCUT2D eigenvalue weighted by Crippen LogP contribution is 2.47. The molecule has 0 unspecified atom stereocenters. The van der Waals surface area contributed by atoms with Gasteiger partial charge in [-0.05, 0) is 112 Å². The average molecular weight is 993 g/mol. The molecular weight excluding hydrogens is 931 g/mol. The van der Waals surface area contributed by atoms with Crippen LogP contribution < -0.4 is 30.9 Å². The molecular formula is C51H62FN10O8P. The SMILES string of the molecule is C=CC(=O)Nc1cc(Nc2nc(-c3ccnc(N4CCn5c(cc6c5CC(C)(C)C6)C4=O)c3CO)cn(C)c2=O)ccc1N1CCN(C2CCN(c3ccc(F)c(C(C)(C)OP(=O)(O)O)c3)CC2)C[C@@H]1C. The molecule has 9 rings (SSSR count). The number of phosphoric ester groups is 1. The van der Waals surface area contributed by atoms with Gasteiger partial charge in [0.25, 0.3) is 11.5 Å². The molecule has 18 nitrogen and oxygen atoms in total. The number of piperidine rings is 1. The van der Waals surface area contributed by atoms with Crippen molar-refractivity contribution >= 4 is 54.0 Å². The maximum Gasteiger partial charge on any atom is 0.470 e. The topological polar surface area (TPSA) is 211 Å². The number of fused-ring (bicyclic) bond motifs is 3. The number of halogens is 1. The van der Waals surface area contributed by atoms with E-state index in [9.17, 15) is 38.2 Å². The van der Waals surface area contributed by atoms with Gasteiger partial charge in [-0.1, -0.05) is 20.4 Å². The molecule has 0 radical (unpaired) electrons. The van der Waals surface area contributed by atoms with Crippen LogP contribution in [-0.2, 0) is 52.5 Å². The molecule has 1 aliphatic carbocycles. The second kappa shape index (κ2) is 19.1. The fraction of sp³-hybridized carbons (Fsp3) is 0.431. The van der Waals surface area contributed by atoms with E-state index in [1.165, 1.54) is 41.8 Å². The lowest BCUT2D eigenvalue weighted by molar-refractivity contribution is -0.111. The molecule has 2 saturated heterocycles. The van der Waals surface area contributed by atoms with Crippen molar-refractivity contribution in [2.45, 2.75) is 91.1 Å². The third-order valence-electron chi connectivity index (χ3n) is 14.4. The predicted molar refractivity (Wildman–Crippen MR) is 271 cm³/mol. The number of phosphoric acid groups is 1. The van der Waals surface area contributed by atoms with Gasteiger partial charge in [0, 0.05) is 111 Å². The lowest BCUT2D eigenvalue weighted by Crippen LogP contribution is -2.57. The van der Waals surface area contributed by atoms with Crippen molar-refractivity contribution in [1.29, 1.82) is 0 Å². The number of carbonyl (C=O) groups excluding carboxylic acids is 2. The van der Waals surface area contributed by atoms with Crippen LogP contribution in [-0.4, -0.2) is 102 Å². The van der Waals surface area contributed by atoms with Gasteiger partial charge in [-0.3, -0.25) is 28.7 Å². The fourth-order valence-corrected chi connectivity index (χ4v) is 11.7. The maximum absolute atomic E-state index is 14.9. The minimum absolute atomic E-state index is 0.0102. The molecule has 5 aromatic rings. The van der Waals surface area contributed by atoms with Gasteiger partial charge in [0.1, 0.15) is 22.9 Å². The number of anilines is 6. The van der Waals surface area contributed by atoms with Gasteiger partial charge < -0.3 is 44.5 Å². The predicted octanol–water partition coefficient (Wildman–Crippen LogP) is 6.45. The normalized spacial score (nSPS) is 18.6. The van der Waals surface area contributed by atoms with Crippen LogP contribution >= 0.6 is 7.82 Å². The van der Waals surface area contributed by atoms with E-state index in [-0.39, 0.29) is 28.7 Å². The Morgan fingerprint density at radius 2 is 1.79 bits per heavy atom. The van der Waals surface area contributed by atoms with E-state index in [1.807, 2.05) is 18.2 Å². The monoisotopic (exact) mass is 992 g/mol. The first kappa shape index (κ1) is 49.8. The summed E-state index contributed by atoms with van der Waals surface area (Å²) in [5.41, 5.74) is 5.15. The molecule has 5 N–H and O–H groups in total. The Hall–Kier alpha value is -6.21. The molecule has 1 atom stereocenters. The van der Waals surface area contributed by atoms with Gasteiger partial charge in [-0.25, -0.2) is 18.9 Å². The minimum atomic E-state index is -4.87. The lowest BCUT2D eigenvalue weighted by atomic mass is 9.90. The third kappa shape index (κ3) is 10.0. The molecule has 0 bridgehead atoms. The molecule has 20 heteroatoms. The van der Waals surface area contributed by atoms with Crippen LogP contribution in [0.2, 0.25) is 0 Å². The van der Waals surface area contributed by atoms with Crippen molar-refractivity contribution in [3.05, 3.63) is 118 Å². The highest BCUT2D eigenvalue weighted by molar-refractivity contribution is 7.46. The fourth-order valence-electron chi connectivity index (χ4n) is 11.0. The molecule has 376 valence electrons. The van der Waals surface area contributed by atoms with E-state index >= 15 is 0 Å². The van der Waals surface area contributed by atoms with Gasteiger partial charge in [0.15, 0.2) is 5.82 Å². The standard InChI is InChI=1S/C51H62FN10O8P/c1-8-45(64)55-40-24-33(9-12-42(40)60-20-19-59(28-31(60)2)34-14-17-58(18-15-34)35-10-11-39(52)38(25-35)51(5,6)70-71(67,68)69)54-46-49(66)57(7)29-41(56-46)36-13-16-53-47(37(36)30-63)62-22-21-61-43(48(62)65)23-32-26-50(3,4)27-44(32)61/h8-13,16,23-25,29,31,34,63H,1,14-15,17-22,26-28,30H2,2-7H3,(H,54,56)(H,55,64)(H2,67,68,69)/t31-/m0/s1. The second-order valence-electron chi connectivity index (χ2n) is 20.4. The van der Waals surface area contributed by atoms with Crippen molar-refractivity contribution in [3.63, 3.8) is 0 Å². The number of benzene rings is 2. The summed E-state index contributed by atoms with van der Waals surface area (Å²) in [5.74, 6) is -0.842. The Morgan fingerprint density at radius 1 is 1.03 bits per heavy atom. The largest absolute Gasteiger partial charge is 0.470 e. The molecule has 2 aromatic carbocycles. The number of nitrogens with one attached hydrogen (secondary N) is 2. The highest BCUT2D eigenvalue weighted by atomic mass is 31.2. The third-order valence-corrected chi connectivity index (χ3v) is 15.1. The summed E-state index contributed by atoms with van der Waals surface area (Å²) in [7, 11) is -3.26. The first-order valence-electron chi connectivity index (χ1n) is 24.0. The number of amides is 2. The zero-order chi connectivity index (χ0) is 50.7. The first-order chi connectivity index (χ1) is 33.6. The van der Waals surface area contributed by atoms with E-state index in [2.05, 4.69) is 62.2 Å². The zero-order valence-corrected chi connectivity index (χ0v) is 41.9. The Bertz CT molecular complexity index is 3030. The Morgan fingerprint density at radius 3 is 2.49 bits per heavy atom. The van der Waals surface area contributed by atoms with E-state index in [0.29, 0.717) is 78.5 Å². The summed E-state index contributed by atoms with van der Waals surface area (Å²) in [6.45, 7) is 17.3. The summed E-state index contributed by atoms with van der Waals surface area (Å²) in [6.07, 6.45) is 7.90. The summed E-state index contributed by atoms with van der Waals surface area (Å²) in [6, 6.07) is 14.2. The van der Waals surface area contributed by atoms with Crippen LogP contribution in [0.15, 0.2) is 78.4 Å². The molecule has 6 heterocycles. The van der Waals surface area contributed by atoms with Crippen molar-refractivity contribution in [1.82, 2.24) is 24.0 Å². The number of carbonyl (C=O) groups is 2. The Labute approximate surface area is 412 Å². The minimum Gasteiger partial charge on any atom is -0.392 e. The number of rotatable bonds is 13. The van der Waals surface area contributed by atoms with Crippen molar-refractivity contribution in [3.8, 4) is 11.3 Å². The van der Waals surface area contributed by atoms with Crippen LogP contribution in [0.5, 0.6) is 0 Å². The number of aliphatic hydroxyl groups excluding tert-OH is 1. The molecule has 2 fully saturated rings. The Balaban J connectivity index is 0.900. The van der Waals surface area contributed by atoms with Crippen LogP contribution in [0, 0.1) is 11.2 Å². The van der Waals surface area contributed by atoms with Crippen LogP contribution in [0.4, 0.5) is 38.8 Å². The molecule has 0 saturated carbocycles. The van der Waals surface area contributed by atoms with Crippen LogP contribution in [0.1, 0.15) is 80.3 Å². The van der Waals surface area contributed by atoms with Gasteiger partial charge in [0.05, 0.1) is 23.7 Å². The molecule has 2 amide bonds. The number of aryl methyl sites for hydroxylation is 1. The number of hydrogen-bond acceptors (Lipinski definition) is 12. The van der Waals surface area contributed by atoms with E-state index in [0.717, 1.165) is 50.1 Å². The van der Waals surface area contributed by atoms with E-state index < -0.39 is 37.3 Å². The zero-order valence-electron chi connectivity index (χ0n) is 41.0. The number of hydrogen-bond donors (Lipinski definition) is 5. The molecule has 3 aliphatic heterocycles. The number of aromatic nitrogens is 4. The molecule has 3 aromatic heterocycles. The maximum atomic E-state index is 14.9. The van der Waals surface area contributed by atoms with E-state index in [4.69, 9.17) is 9.51 Å². The smallest absolute Gasteiger partial charge is 0.392 e. The Kier molecular flexibility index (Phi) is 13.4. The number of aliphatic hydroxyl groups is 1. The van der Waals surface area contributed by atoms with Crippen molar-refractivity contribution < 1.29 is 38.0 Å². The van der Waals surface area contributed by atoms with Crippen LogP contribution in [0.25, 0.3) is 11.3 Å². The van der Waals surface area contributed by atoms with Gasteiger partial charge in [-0.15, -0.1) is 0 Å². The van der Waals surface area contributed by atoms with Crippen LogP contribution in [0.3, 0.4) is 0 Å². The van der Waals surface area contributed by atoms with E-state index in [1.54, 1.807) is 48.6 Å². The van der Waals surface area contributed by atoms with Crippen molar-refractivity contribution in [2.24, 2.45) is 12.5 Å². The van der Waals surface area contributed by atoms with Gasteiger partial charge >= 0.3 is 7.82 Å². The highest BCUT2D eigenvalue weighted by Gasteiger charge is 2.39. The quantitative estimate of drug-likeness (QED) is 0.0634. The number of piperazine rings is 1. The van der Waals surface area contributed by atoms with Gasteiger partial charge in [-0.2, -0.15) is 0 Å². The number of pyridine rings is 1. The van der Waals surface area contributed by atoms with Crippen molar-refractivity contribution in [2.75, 3.05) is 64.6 Å².